The van der Waals surface area contributed by atoms with Gasteiger partial charge in [0.2, 0.25) is 0 Å². The van der Waals surface area contributed by atoms with Crippen LogP contribution in [-0.4, -0.2) is 35.5 Å². The molecule has 2 fully saturated rings. The predicted molar refractivity (Wildman–Crippen MR) is 96.1 cm³/mol. The van der Waals surface area contributed by atoms with Gasteiger partial charge < -0.3 is 19.3 Å². The molecule has 0 saturated carbocycles. The molecule has 4 nitrogen and oxygen atoms in total. The van der Waals surface area contributed by atoms with E-state index in [2.05, 4.69) is 0 Å². The molecule has 25 heavy (non-hydrogen) atoms. The lowest BCUT2D eigenvalue weighted by atomic mass is 9.91. The number of ether oxygens (including phenoxy) is 3. The van der Waals surface area contributed by atoms with Crippen LogP contribution < -0.4 is 0 Å². The molecule has 2 aliphatic rings. The lowest BCUT2D eigenvalue weighted by Crippen LogP contribution is -2.57. The zero-order chi connectivity index (χ0) is 17.2. The first kappa shape index (κ1) is 17.1. The van der Waals surface area contributed by atoms with E-state index in [1.807, 2.05) is 67.6 Å². The van der Waals surface area contributed by atoms with E-state index in [0.717, 1.165) is 10.5 Å². The molecule has 2 aliphatic heterocycles. The third-order valence-corrected chi connectivity index (χ3v) is 5.94. The highest BCUT2D eigenvalue weighted by molar-refractivity contribution is 7.99. The summed E-state index contributed by atoms with van der Waals surface area (Å²) in [6.07, 6.45) is -1.35. The van der Waals surface area contributed by atoms with Gasteiger partial charge in [-0.3, -0.25) is 0 Å². The van der Waals surface area contributed by atoms with Crippen molar-refractivity contribution in [2.24, 2.45) is 5.92 Å². The van der Waals surface area contributed by atoms with Crippen molar-refractivity contribution in [1.82, 2.24) is 0 Å². The summed E-state index contributed by atoms with van der Waals surface area (Å²) >= 11 is 1.55. The van der Waals surface area contributed by atoms with Crippen LogP contribution in [0.2, 0.25) is 0 Å². The molecule has 5 heteroatoms. The zero-order valence-corrected chi connectivity index (χ0v) is 14.8. The lowest BCUT2D eigenvalue weighted by molar-refractivity contribution is -0.307. The number of fused-ring (bicyclic) bond motifs is 1. The summed E-state index contributed by atoms with van der Waals surface area (Å²) in [5, 5.41) is 10.7. The van der Waals surface area contributed by atoms with Crippen molar-refractivity contribution in [3.63, 3.8) is 0 Å². The third-order valence-electron chi connectivity index (χ3n) is 4.77. The molecule has 5 unspecified atom stereocenters. The molecule has 2 aromatic carbocycles. The summed E-state index contributed by atoms with van der Waals surface area (Å²) in [5.41, 5.74) is 0.669. The van der Waals surface area contributed by atoms with Crippen LogP contribution >= 0.6 is 11.8 Å². The van der Waals surface area contributed by atoms with Gasteiger partial charge in [0.05, 0.1) is 18.8 Å². The second kappa shape index (κ2) is 7.48. The van der Waals surface area contributed by atoms with Gasteiger partial charge in [-0.25, -0.2) is 0 Å². The van der Waals surface area contributed by atoms with Crippen LogP contribution in [0, 0.1) is 5.92 Å². The van der Waals surface area contributed by atoms with E-state index in [0.29, 0.717) is 6.61 Å². The second-order valence-corrected chi connectivity index (χ2v) is 7.67. The highest BCUT2D eigenvalue weighted by Gasteiger charge is 2.47. The molecule has 132 valence electrons. The van der Waals surface area contributed by atoms with Gasteiger partial charge in [0.15, 0.2) is 6.29 Å². The summed E-state index contributed by atoms with van der Waals surface area (Å²) in [6, 6.07) is 19.9. The zero-order valence-electron chi connectivity index (χ0n) is 14.0. The number of thioether (sulfide) groups is 1. The van der Waals surface area contributed by atoms with Crippen LogP contribution in [0.3, 0.4) is 0 Å². The summed E-state index contributed by atoms with van der Waals surface area (Å²) in [6.45, 7) is 2.49. The van der Waals surface area contributed by atoms with E-state index in [9.17, 15) is 5.11 Å². The molecule has 2 aromatic rings. The lowest BCUT2D eigenvalue weighted by Gasteiger charge is -2.47. The Morgan fingerprint density at radius 3 is 2.36 bits per heavy atom. The molecule has 0 amide bonds. The molecule has 0 spiro atoms. The van der Waals surface area contributed by atoms with Crippen molar-refractivity contribution >= 4 is 11.8 Å². The quantitative estimate of drug-likeness (QED) is 0.908. The molecular formula is C20H22O4S. The van der Waals surface area contributed by atoms with Gasteiger partial charge in [-0.2, -0.15) is 0 Å². The van der Waals surface area contributed by atoms with Crippen LogP contribution in [0.4, 0.5) is 0 Å². The summed E-state index contributed by atoms with van der Waals surface area (Å²) < 4.78 is 18.1. The van der Waals surface area contributed by atoms with Crippen LogP contribution in [-0.2, 0) is 14.2 Å². The van der Waals surface area contributed by atoms with Crippen molar-refractivity contribution < 1.29 is 19.3 Å². The van der Waals surface area contributed by atoms with E-state index in [4.69, 9.17) is 14.2 Å². The molecule has 6 atom stereocenters. The molecule has 0 bridgehead atoms. The van der Waals surface area contributed by atoms with Gasteiger partial charge in [-0.05, 0) is 12.1 Å². The Morgan fingerprint density at radius 1 is 0.960 bits per heavy atom. The molecule has 2 saturated heterocycles. The maximum atomic E-state index is 10.7. The number of rotatable bonds is 3. The smallest absolute Gasteiger partial charge is 0.184 e. The van der Waals surface area contributed by atoms with Crippen molar-refractivity contribution in [3.05, 3.63) is 66.2 Å². The standard InChI is InChI=1S/C20H22O4S/c1-13-17(21)20(25-15-10-6-3-7-11-15)23-16-12-22-19(24-18(13)16)14-8-4-2-5-9-14/h2-11,13,16-21H,12H2,1H3/t13?,16?,17?,18?,19?,20-/m0/s1. The van der Waals surface area contributed by atoms with Gasteiger partial charge >= 0.3 is 0 Å². The van der Waals surface area contributed by atoms with Gasteiger partial charge in [-0.15, -0.1) is 0 Å². The van der Waals surface area contributed by atoms with E-state index in [1.165, 1.54) is 0 Å². The normalized spacial score (nSPS) is 35.1. The minimum atomic E-state index is -0.596. The first-order valence-electron chi connectivity index (χ1n) is 8.59. The maximum absolute atomic E-state index is 10.7. The average Bonchev–Trinajstić information content (AvgIpc) is 2.67. The first-order valence-corrected chi connectivity index (χ1v) is 9.47. The molecule has 1 N–H and O–H groups in total. The van der Waals surface area contributed by atoms with Crippen molar-refractivity contribution in [2.45, 2.75) is 41.9 Å². The topological polar surface area (TPSA) is 47.9 Å². The Hall–Kier alpha value is -1.37. The SMILES string of the molecule is CC1C2OC(c3ccccc3)OCC2O[C@@H](Sc2ccccc2)C1O. The fourth-order valence-electron chi connectivity index (χ4n) is 3.34. The van der Waals surface area contributed by atoms with Crippen molar-refractivity contribution in [3.8, 4) is 0 Å². The van der Waals surface area contributed by atoms with E-state index < -0.39 is 12.4 Å². The minimum Gasteiger partial charge on any atom is -0.389 e. The number of benzene rings is 2. The number of hydrogen-bond donors (Lipinski definition) is 1. The Bertz CT molecular complexity index is 679. The van der Waals surface area contributed by atoms with Crippen molar-refractivity contribution in [2.75, 3.05) is 6.61 Å². The second-order valence-electron chi connectivity index (χ2n) is 6.50. The van der Waals surface area contributed by atoms with Crippen LogP contribution in [0.1, 0.15) is 18.8 Å². The molecule has 0 aliphatic carbocycles. The molecule has 2 heterocycles. The Morgan fingerprint density at radius 2 is 1.64 bits per heavy atom. The number of hydrogen-bond acceptors (Lipinski definition) is 5. The number of aliphatic hydroxyl groups excluding tert-OH is 1. The average molecular weight is 358 g/mol. The monoisotopic (exact) mass is 358 g/mol. The summed E-state index contributed by atoms with van der Waals surface area (Å²) in [5.74, 6) is -0.0323. The first-order chi connectivity index (χ1) is 12.2. The highest BCUT2D eigenvalue weighted by Crippen LogP contribution is 2.41. The summed E-state index contributed by atoms with van der Waals surface area (Å²) in [4.78, 5) is 1.08. The minimum absolute atomic E-state index is 0.0323. The van der Waals surface area contributed by atoms with Crippen molar-refractivity contribution in [1.29, 1.82) is 0 Å². The summed E-state index contributed by atoms with van der Waals surface area (Å²) in [7, 11) is 0. The predicted octanol–water partition coefficient (Wildman–Crippen LogP) is 3.61. The molecule has 0 aromatic heterocycles. The van der Waals surface area contributed by atoms with Crippen LogP contribution in [0.5, 0.6) is 0 Å². The van der Waals surface area contributed by atoms with Gasteiger partial charge in [0.1, 0.15) is 11.5 Å². The highest BCUT2D eigenvalue weighted by atomic mass is 32.2. The van der Waals surface area contributed by atoms with E-state index in [-0.39, 0.29) is 23.6 Å². The molecular weight excluding hydrogens is 336 g/mol. The Kier molecular flexibility index (Phi) is 5.10. The molecule has 4 rings (SSSR count). The van der Waals surface area contributed by atoms with Gasteiger partial charge in [0.25, 0.3) is 0 Å². The largest absolute Gasteiger partial charge is 0.389 e. The fourth-order valence-corrected chi connectivity index (χ4v) is 4.50. The van der Waals surface area contributed by atoms with E-state index >= 15 is 0 Å². The Labute approximate surface area is 152 Å². The fraction of sp³-hybridized carbons (Fsp3) is 0.400. The van der Waals surface area contributed by atoms with E-state index in [1.54, 1.807) is 11.8 Å². The maximum Gasteiger partial charge on any atom is 0.184 e. The third kappa shape index (κ3) is 3.61. The number of aliphatic hydroxyl groups is 1. The molecule has 0 radical (unpaired) electrons. The van der Waals surface area contributed by atoms with Crippen LogP contribution in [0.15, 0.2) is 65.6 Å². The van der Waals surface area contributed by atoms with Gasteiger partial charge in [-0.1, -0.05) is 67.2 Å². The van der Waals surface area contributed by atoms with Crippen LogP contribution in [0.25, 0.3) is 0 Å². The van der Waals surface area contributed by atoms with Gasteiger partial charge in [0, 0.05) is 16.4 Å². The Balaban J connectivity index is 1.46.